The van der Waals surface area contributed by atoms with E-state index in [0.717, 1.165) is 11.3 Å². The minimum atomic E-state index is -0.369. The Bertz CT molecular complexity index is 737. The van der Waals surface area contributed by atoms with Gasteiger partial charge in [-0.3, -0.25) is 9.78 Å². The van der Waals surface area contributed by atoms with Crippen LogP contribution in [-0.2, 0) is 0 Å². The van der Waals surface area contributed by atoms with Crippen molar-refractivity contribution >= 4 is 5.91 Å². The third-order valence-electron chi connectivity index (χ3n) is 3.25. The predicted octanol–water partition coefficient (Wildman–Crippen LogP) is 2.90. The number of furan rings is 1. The highest BCUT2D eigenvalue weighted by Gasteiger charge is 2.20. The minimum Gasteiger partial charge on any atom is -0.467 e. The number of amides is 1. The number of rotatable bonds is 4. The van der Waals surface area contributed by atoms with Gasteiger partial charge < -0.3 is 9.73 Å². The lowest BCUT2D eigenvalue weighted by Gasteiger charge is -2.16. The van der Waals surface area contributed by atoms with E-state index in [2.05, 4.69) is 15.3 Å². The first-order valence-electron chi connectivity index (χ1n) is 6.92. The lowest BCUT2D eigenvalue weighted by molar-refractivity contribution is 0.0933. The first-order chi connectivity index (χ1) is 10.7. The monoisotopic (exact) mass is 293 g/mol. The molecule has 0 aliphatic carbocycles. The number of carbonyl (C=O) groups excluding carboxylic acids is 1. The number of benzene rings is 1. The van der Waals surface area contributed by atoms with Gasteiger partial charge in [0.05, 0.1) is 18.2 Å². The Morgan fingerprint density at radius 2 is 1.91 bits per heavy atom. The van der Waals surface area contributed by atoms with Gasteiger partial charge in [0, 0.05) is 6.20 Å². The molecule has 1 aromatic carbocycles. The molecule has 0 spiro atoms. The van der Waals surface area contributed by atoms with E-state index in [0.29, 0.717) is 5.76 Å². The standard InChI is InChI=1S/C17H15N3O2/c1-12-10-19-14(11-18-12)17(21)20-16(15-8-5-9-22-15)13-6-3-2-4-7-13/h2-11,16H,1H3,(H,20,21). The zero-order valence-electron chi connectivity index (χ0n) is 12.1. The Morgan fingerprint density at radius 3 is 2.55 bits per heavy atom. The second-order valence-corrected chi connectivity index (χ2v) is 4.88. The van der Waals surface area contributed by atoms with Crippen molar-refractivity contribution in [2.24, 2.45) is 0 Å². The summed E-state index contributed by atoms with van der Waals surface area (Å²) in [5.41, 5.74) is 1.98. The molecule has 1 unspecified atom stereocenters. The molecule has 1 amide bonds. The molecule has 0 fully saturated rings. The summed E-state index contributed by atoms with van der Waals surface area (Å²) in [6.07, 6.45) is 4.62. The molecule has 0 saturated carbocycles. The summed E-state index contributed by atoms with van der Waals surface area (Å²) in [4.78, 5) is 20.6. The summed E-state index contributed by atoms with van der Waals surface area (Å²) in [5.74, 6) is 0.373. The molecule has 2 heterocycles. The number of nitrogens with one attached hydrogen (secondary N) is 1. The Hall–Kier alpha value is -2.95. The third kappa shape index (κ3) is 3.03. The van der Waals surface area contributed by atoms with E-state index >= 15 is 0 Å². The molecule has 0 aliphatic rings. The van der Waals surface area contributed by atoms with Crippen LogP contribution in [0.3, 0.4) is 0 Å². The largest absolute Gasteiger partial charge is 0.467 e. The van der Waals surface area contributed by atoms with Gasteiger partial charge in [0.15, 0.2) is 0 Å². The number of aryl methyl sites for hydroxylation is 1. The summed E-state index contributed by atoms with van der Waals surface area (Å²) in [6.45, 7) is 1.82. The van der Waals surface area contributed by atoms with Gasteiger partial charge in [-0.05, 0) is 24.6 Å². The highest BCUT2D eigenvalue weighted by molar-refractivity contribution is 5.92. The van der Waals surface area contributed by atoms with Crippen molar-refractivity contribution in [2.45, 2.75) is 13.0 Å². The van der Waals surface area contributed by atoms with Gasteiger partial charge in [-0.2, -0.15) is 0 Å². The fourth-order valence-electron chi connectivity index (χ4n) is 2.13. The average Bonchev–Trinajstić information content (AvgIpc) is 3.08. The van der Waals surface area contributed by atoms with Gasteiger partial charge in [-0.15, -0.1) is 0 Å². The number of hydrogen-bond acceptors (Lipinski definition) is 4. The summed E-state index contributed by atoms with van der Waals surface area (Å²) >= 11 is 0. The van der Waals surface area contributed by atoms with Gasteiger partial charge >= 0.3 is 0 Å². The fourth-order valence-corrected chi connectivity index (χ4v) is 2.13. The average molecular weight is 293 g/mol. The summed E-state index contributed by atoms with van der Waals surface area (Å²) in [6, 6.07) is 12.9. The molecule has 22 heavy (non-hydrogen) atoms. The number of hydrogen-bond donors (Lipinski definition) is 1. The van der Waals surface area contributed by atoms with Gasteiger partial charge in [-0.1, -0.05) is 30.3 Å². The fraction of sp³-hybridized carbons (Fsp3) is 0.118. The van der Waals surface area contributed by atoms with Gasteiger partial charge in [0.25, 0.3) is 5.91 Å². The van der Waals surface area contributed by atoms with Gasteiger partial charge in [-0.25, -0.2) is 4.98 Å². The lowest BCUT2D eigenvalue weighted by Crippen LogP contribution is -2.29. The SMILES string of the molecule is Cc1cnc(C(=O)NC(c2ccccc2)c2ccco2)cn1. The molecule has 0 saturated heterocycles. The quantitative estimate of drug-likeness (QED) is 0.803. The Balaban J connectivity index is 1.87. The lowest BCUT2D eigenvalue weighted by atomic mass is 10.0. The molecular formula is C17H15N3O2. The zero-order chi connectivity index (χ0) is 15.4. The topological polar surface area (TPSA) is 68.0 Å². The molecule has 110 valence electrons. The molecule has 2 aromatic heterocycles. The molecule has 3 rings (SSSR count). The maximum atomic E-state index is 12.4. The van der Waals surface area contributed by atoms with Crippen LogP contribution in [0.25, 0.3) is 0 Å². The molecule has 0 bridgehead atoms. The van der Waals surface area contributed by atoms with Crippen molar-refractivity contribution in [2.75, 3.05) is 0 Å². The van der Waals surface area contributed by atoms with Crippen molar-refractivity contribution < 1.29 is 9.21 Å². The first kappa shape index (κ1) is 14.0. The van der Waals surface area contributed by atoms with Crippen LogP contribution in [0.15, 0.2) is 65.5 Å². The summed E-state index contributed by atoms with van der Waals surface area (Å²) in [7, 11) is 0. The van der Waals surface area contributed by atoms with Crippen LogP contribution < -0.4 is 5.32 Å². The van der Waals surface area contributed by atoms with E-state index in [1.165, 1.54) is 6.20 Å². The smallest absolute Gasteiger partial charge is 0.272 e. The van der Waals surface area contributed by atoms with Crippen LogP contribution in [0.2, 0.25) is 0 Å². The molecule has 1 atom stereocenters. The second-order valence-electron chi connectivity index (χ2n) is 4.88. The molecule has 5 nitrogen and oxygen atoms in total. The normalized spacial score (nSPS) is 11.9. The summed E-state index contributed by atoms with van der Waals surface area (Å²) in [5, 5.41) is 2.94. The zero-order valence-corrected chi connectivity index (χ0v) is 12.1. The Morgan fingerprint density at radius 1 is 1.09 bits per heavy atom. The van der Waals surface area contributed by atoms with Crippen molar-refractivity contribution in [1.82, 2.24) is 15.3 Å². The van der Waals surface area contributed by atoms with Crippen molar-refractivity contribution in [1.29, 1.82) is 0 Å². The minimum absolute atomic E-state index is 0.276. The van der Waals surface area contributed by atoms with E-state index in [1.807, 2.05) is 43.3 Å². The highest BCUT2D eigenvalue weighted by atomic mass is 16.3. The van der Waals surface area contributed by atoms with Crippen LogP contribution in [0.4, 0.5) is 0 Å². The number of aromatic nitrogens is 2. The van der Waals surface area contributed by atoms with E-state index in [-0.39, 0.29) is 17.6 Å². The van der Waals surface area contributed by atoms with Crippen molar-refractivity contribution in [3.8, 4) is 0 Å². The van der Waals surface area contributed by atoms with Crippen molar-refractivity contribution in [3.05, 3.63) is 83.8 Å². The molecule has 5 heteroatoms. The van der Waals surface area contributed by atoms with Crippen LogP contribution in [0.5, 0.6) is 0 Å². The molecule has 1 N–H and O–H groups in total. The van der Waals surface area contributed by atoms with E-state index < -0.39 is 0 Å². The van der Waals surface area contributed by atoms with E-state index in [4.69, 9.17) is 4.42 Å². The molecule has 0 aliphatic heterocycles. The first-order valence-corrected chi connectivity index (χ1v) is 6.92. The van der Waals surface area contributed by atoms with Crippen molar-refractivity contribution in [3.63, 3.8) is 0 Å². The van der Waals surface area contributed by atoms with Crippen LogP contribution in [-0.4, -0.2) is 15.9 Å². The second kappa shape index (κ2) is 6.22. The van der Waals surface area contributed by atoms with Crippen LogP contribution in [0.1, 0.15) is 33.5 Å². The Labute approximate surface area is 128 Å². The maximum Gasteiger partial charge on any atom is 0.272 e. The van der Waals surface area contributed by atoms with Crippen LogP contribution >= 0.6 is 0 Å². The maximum absolute atomic E-state index is 12.4. The van der Waals surface area contributed by atoms with E-state index in [1.54, 1.807) is 18.5 Å². The number of nitrogens with zero attached hydrogens (tertiary/aromatic N) is 2. The van der Waals surface area contributed by atoms with Gasteiger partial charge in [0.2, 0.25) is 0 Å². The summed E-state index contributed by atoms with van der Waals surface area (Å²) < 4.78 is 5.46. The van der Waals surface area contributed by atoms with Gasteiger partial charge in [0.1, 0.15) is 17.5 Å². The molecule has 3 aromatic rings. The van der Waals surface area contributed by atoms with E-state index in [9.17, 15) is 4.79 Å². The molecule has 0 radical (unpaired) electrons. The van der Waals surface area contributed by atoms with Crippen LogP contribution in [0, 0.1) is 6.92 Å². The Kier molecular flexibility index (Phi) is 3.96. The third-order valence-corrected chi connectivity index (χ3v) is 3.25. The number of carbonyl (C=O) groups is 1. The predicted molar refractivity (Wildman–Crippen MR) is 81.2 cm³/mol. The highest BCUT2D eigenvalue weighted by Crippen LogP contribution is 2.22. The molecular weight excluding hydrogens is 278 g/mol.